The van der Waals surface area contributed by atoms with E-state index in [9.17, 15) is 9.59 Å². The number of nitrogens with one attached hydrogen (secondary N) is 2. The number of thioether (sulfide) groups is 1. The molecule has 184 valence electrons. The predicted octanol–water partition coefficient (Wildman–Crippen LogP) is 6.13. The zero-order valence-electron chi connectivity index (χ0n) is 19.5. The minimum atomic E-state index is -0.392. The first-order valence-electron chi connectivity index (χ1n) is 11.1. The van der Waals surface area contributed by atoms with Gasteiger partial charge in [-0.2, -0.15) is 0 Å². The lowest BCUT2D eigenvalue weighted by Gasteiger charge is -2.21. The second-order valence-electron chi connectivity index (χ2n) is 8.22. The maximum Gasteiger partial charge on any atom is 0.253 e. The van der Waals surface area contributed by atoms with Crippen molar-refractivity contribution in [2.24, 2.45) is 5.92 Å². The average Bonchev–Trinajstić information content (AvgIpc) is 3.21. The molecule has 1 atom stereocenters. The van der Waals surface area contributed by atoms with Crippen LogP contribution in [0.25, 0.3) is 0 Å². The van der Waals surface area contributed by atoms with E-state index in [1.54, 1.807) is 30.3 Å². The molecule has 0 aliphatic rings. The van der Waals surface area contributed by atoms with E-state index in [0.29, 0.717) is 40.2 Å². The first-order valence-corrected chi connectivity index (χ1v) is 13.2. The minimum absolute atomic E-state index is 0.155. The van der Waals surface area contributed by atoms with Gasteiger partial charge in [0, 0.05) is 16.7 Å². The van der Waals surface area contributed by atoms with Crippen molar-refractivity contribution in [1.82, 2.24) is 20.1 Å². The van der Waals surface area contributed by atoms with Gasteiger partial charge in [0.2, 0.25) is 5.91 Å². The molecule has 0 aliphatic heterocycles. The Labute approximate surface area is 222 Å². The summed E-state index contributed by atoms with van der Waals surface area (Å²) in [4.78, 5) is 25.5. The van der Waals surface area contributed by atoms with Crippen molar-refractivity contribution in [1.29, 1.82) is 0 Å². The Kier molecular flexibility index (Phi) is 9.94. The fourth-order valence-electron chi connectivity index (χ4n) is 3.41. The van der Waals surface area contributed by atoms with Crippen molar-refractivity contribution in [2.45, 2.75) is 38.0 Å². The minimum Gasteiger partial charge on any atom is -0.342 e. The van der Waals surface area contributed by atoms with Gasteiger partial charge in [0.15, 0.2) is 11.0 Å². The van der Waals surface area contributed by atoms with Crippen LogP contribution in [0.2, 0.25) is 5.02 Å². The van der Waals surface area contributed by atoms with Crippen LogP contribution in [0.4, 0.5) is 5.69 Å². The van der Waals surface area contributed by atoms with Gasteiger partial charge < -0.3 is 15.2 Å². The van der Waals surface area contributed by atoms with Gasteiger partial charge in [0.1, 0.15) is 0 Å². The molecule has 0 radical (unpaired) electrons. The number of hydrogen-bond acceptors (Lipinski definition) is 5. The van der Waals surface area contributed by atoms with E-state index in [1.165, 1.54) is 11.8 Å². The van der Waals surface area contributed by atoms with E-state index in [1.807, 2.05) is 28.8 Å². The number of rotatable bonds is 11. The lowest BCUT2D eigenvalue weighted by Crippen LogP contribution is -2.32. The molecule has 10 heteroatoms. The molecular weight excluding hydrogens is 550 g/mol. The average molecular weight is 577 g/mol. The van der Waals surface area contributed by atoms with Crippen molar-refractivity contribution < 1.29 is 9.59 Å². The van der Waals surface area contributed by atoms with Crippen LogP contribution < -0.4 is 10.6 Å². The second-order valence-corrected chi connectivity index (χ2v) is 10.5. The number of allylic oxidation sites excluding steroid dienone is 1. The standard InChI is InChI=1S/C25H27BrClN5O2S/c1-4-13-32-23(21(14-16(2)3)29-24(34)19-7-5-6-8-20(19)27)30-31-25(32)35-15-22(33)28-18-11-9-17(26)10-12-18/h4-12,16,21H,1,13-15H2,2-3H3,(H,28,33)(H,29,34). The summed E-state index contributed by atoms with van der Waals surface area (Å²) in [5.74, 6) is 0.616. The van der Waals surface area contributed by atoms with Crippen LogP contribution in [0.3, 0.4) is 0 Å². The van der Waals surface area contributed by atoms with E-state index in [2.05, 4.69) is 57.2 Å². The number of hydrogen-bond donors (Lipinski definition) is 2. The van der Waals surface area contributed by atoms with Gasteiger partial charge in [-0.25, -0.2) is 0 Å². The van der Waals surface area contributed by atoms with Gasteiger partial charge >= 0.3 is 0 Å². The van der Waals surface area contributed by atoms with E-state index in [-0.39, 0.29) is 23.5 Å². The molecule has 0 spiro atoms. The Morgan fingerprint density at radius 2 is 1.89 bits per heavy atom. The maximum atomic E-state index is 13.0. The Hall–Kier alpha value is -2.62. The zero-order valence-corrected chi connectivity index (χ0v) is 22.7. The van der Waals surface area contributed by atoms with Crippen molar-refractivity contribution >= 4 is 56.8 Å². The lowest BCUT2D eigenvalue weighted by atomic mass is 10.0. The Morgan fingerprint density at radius 3 is 2.54 bits per heavy atom. The molecule has 3 rings (SSSR count). The maximum absolute atomic E-state index is 13.0. The number of nitrogens with zero attached hydrogens (tertiary/aromatic N) is 3. The van der Waals surface area contributed by atoms with Gasteiger partial charge in [-0.1, -0.05) is 71.3 Å². The summed E-state index contributed by atoms with van der Waals surface area (Å²) in [5, 5.41) is 15.6. The van der Waals surface area contributed by atoms with Crippen molar-refractivity contribution in [3.8, 4) is 0 Å². The number of aromatic nitrogens is 3. The second kappa shape index (κ2) is 12.9. The molecular formula is C25H27BrClN5O2S. The summed E-state index contributed by atoms with van der Waals surface area (Å²) < 4.78 is 2.82. The zero-order chi connectivity index (χ0) is 25.4. The third-order valence-electron chi connectivity index (χ3n) is 4.96. The molecule has 3 aromatic rings. The molecule has 0 saturated heterocycles. The van der Waals surface area contributed by atoms with Crippen LogP contribution in [0.15, 0.2) is 70.8 Å². The molecule has 1 heterocycles. The number of carbonyl (C=O) groups excluding carboxylic acids is 2. The van der Waals surface area contributed by atoms with Crippen LogP contribution in [0.1, 0.15) is 42.5 Å². The topological polar surface area (TPSA) is 88.9 Å². The highest BCUT2D eigenvalue weighted by atomic mass is 79.9. The highest BCUT2D eigenvalue weighted by molar-refractivity contribution is 9.10. The normalized spacial score (nSPS) is 11.8. The summed E-state index contributed by atoms with van der Waals surface area (Å²) in [6.45, 7) is 8.43. The molecule has 7 nitrogen and oxygen atoms in total. The SMILES string of the molecule is C=CCn1c(SCC(=O)Nc2ccc(Br)cc2)nnc1C(CC(C)C)NC(=O)c1ccccc1Cl. The van der Waals surface area contributed by atoms with Gasteiger partial charge in [0.25, 0.3) is 5.91 Å². The van der Waals surface area contributed by atoms with E-state index in [4.69, 9.17) is 11.6 Å². The van der Waals surface area contributed by atoms with Crippen LogP contribution >= 0.6 is 39.3 Å². The molecule has 0 saturated carbocycles. The summed E-state index contributed by atoms with van der Waals surface area (Å²) in [7, 11) is 0. The Bertz CT molecular complexity index is 1180. The molecule has 2 aromatic carbocycles. The molecule has 35 heavy (non-hydrogen) atoms. The molecule has 1 aromatic heterocycles. The first kappa shape index (κ1) is 27.0. The monoisotopic (exact) mass is 575 g/mol. The fourth-order valence-corrected chi connectivity index (χ4v) is 4.65. The highest BCUT2D eigenvalue weighted by Gasteiger charge is 2.25. The number of amides is 2. The predicted molar refractivity (Wildman–Crippen MR) is 145 cm³/mol. The van der Waals surface area contributed by atoms with E-state index < -0.39 is 6.04 Å². The molecule has 0 aliphatic carbocycles. The van der Waals surface area contributed by atoms with Gasteiger partial charge in [-0.3, -0.25) is 9.59 Å². The summed E-state index contributed by atoms with van der Waals surface area (Å²) in [5.41, 5.74) is 1.11. The fraction of sp³-hybridized carbons (Fsp3) is 0.280. The third kappa shape index (κ3) is 7.68. The van der Waals surface area contributed by atoms with Crippen LogP contribution in [-0.2, 0) is 11.3 Å². The Balaban J connectivity index is 1.77. The molecule has 0 fully saturated rings. The smallest absolute Gasteiger partial charge is 0.253 e. The number of carbonyl (C=O) groups is 2. The Morgan fingerprint density at radius 1 is 1.17 bits per heavy atom. The molecule has 1 unspecified atom stereocenters. The summed E-state index contributed by atoms with van der Waals surface area (Å²) in [6, 6.07) is 13.9. The van der Waals surface area contributed by atoms with E-state index >= 15 is 0 Å². The third-order valence-corrected chi connectivity index (χ3v) is 6.79. The van der Waals surface area contributed by atoms with Crippen LogP contribution in [0, 0.1) is 5.92 Å². The number of halogens is 2. The molecule has 2 amide bonds. The van der Waals surface area contributed by atoms with Crippen molar-refractivity contribution in [3.63, 3.8) is 0 Å². The van der Waals surface area contributed by atoms with Crippen molar-refractivity contribution in [2.75, 3.05) is 11.1 Å². The van der Waals surface area contributed by atoms with Crippen LogP contribution in [-0.4, -0.2) is 32.3 Å². The lowest BCUT2D eigenvalue weighted by molar-refractivity contribution is -0.113. The van der Waals surface area contributed by atoms with Gasteiger partial charge in [-0.15, -0.1) is 16.8 Å². The van der Waals surface area contributed by atoms with Gasteiger partial charge in [0.05, 0.1) is 22.4 Å². The first-order chi connectivity index (χ1) is 16.8. The largest absolute Gasteiger partial charge is 0.342 e. The highest BCUT2D eigenvalue weighted by Crippen LogP contribution is 2.26. The molecule has 0 bridgehead atoms. The van der Waals surface area contributed by atoms with Crippen molar-refractivity contribution in [3.05, 3.63) is 82.1 Å². The van der Waals surface area contributed by atoms with Gasteiger partial charge in [-0.05, 0) is 48.7 Å². The quantitative estimate of drug-likeness (QED) is 0.212. The van der Waals surface area contributed by atoms with Crippen LogP contribution in [0.5, 0.6) is 0 Å². The van der Waals surface area contributed by atoms with E-state index in [0.717, 1.165) is 4.47 Å². The molecule has 2 N–H and O–H groups in total. The summed E-state index contributed by atoms with van der Waals surface area (Å²) in [6.07, 6.45) is 2.39. The number of benzene rings is 2. The summed E-state index contributed by atoms with van der Waals surface area (Å²) >= 11 is 10.9. The number of anilines is 1.